The molecule has 0 aromatic carbocycles. The first kappa shape index (κ1) is 14.2. The van der Waals surface area contributed by atoms with Gasteiger partial charge in [-0.25, -0.2) is 4.98 Å². The summed E-state index contributed by atoms with van der Waals surface area (Å²) in [6.45, 7) is 4.27. The number of nitrogens with one attached hydrogen (secondary N) is 2. The molecule has 1 aliphatic rings. The van der Waals surface area contributed by atoms with Gasteiger partial charge < -0.3 is 10.2 Å². The van der Waals surface area contributed by atoms with Crippen LogP contribution in [0.2, 0.25) is 0 Å². The van der Waals surface area contributed by atoms with Crippen molar-refractivity contribution in [2.75, 3.05) is 13.6 Å². The standard InChI is InChI=1S/C14H19N5OS/c1-3-9-6-16-12(21-9)8-19(2)14(20)13-10-7-15-5-4-11(10)17-18-13/h6,15H,3-5,7-8H2,1-2H3,(H,17,18). The lowest BCUT2D eigenvalue weighted by Crippen LogP contribution is -2.29. The number of nitrogens with zero attached hydrogens (tertiary/aromatic N) is 3. The molecule has 2 N–H and O–H groups in total. The molecule has 6 nitrogen and oxygen atoms in total. The molecule has 0 fully saturated rings. The second kappa shape index (κ2) is 5.95. The lowest BCUT2D eigenvalue weighted by atomic mass is 10.1. The van der Waals surface area contributed by atoms with E-state index < -0.39 is 0 Å². The van der Waals surface area contributed by atoms with Gasteiger partial charge in [-0.15, -0.1) is 11.3 Å². The third-order valence-corrected chi connectivity index (χ3v) is 4.80. The van der Waals surface area contributed by atoms with Crippen LogP contribution in [-0.2, 0) is 25.9 Å². The van der Waals surface area contributed by atoms with Crippen LogP contribution in [-0.4, -0.2) is 39.6 Å². The van der Waals surface area contributed by atoms with E-state index in [0.717, 1.165) is 35.7 Å². The summed E-state index contributed by atoms with van der Waals surface area (Å²) in [5, 5.41) is 11.4. The van der Waals surface area contributed by atoms with Crippen LogP contribution in [0, 0.1) is 0 Å². The molecule has 21 heavy (non-hydrogen) atoms. The molecular formula is C14H19N5OS. The van der Waals surface area contributed by atoms with Crippen molar-refractivity contribution in [3.8, 4) is 0 Å². The number of hydrogen-bond acceptors (Lipinski definition) is 5. The normalized spacial score (nSPS) is 14.0. The molecule has 1 amide bonds. The third-order valence-electron chi connectivity index (χ3n) is 3.68. The molecular weight excluding hydrogens is 286 g/mol. The number of fused-ring (bicyclic) bond motifs is 1. The molecule has 1 aliphatic heterocycles. The molecule has 0 unspecified atom stereocenters. The Morgan fingerprint density at radius 3 is 3.14 bits per heavy atom. The molecule has 3 rings (SSSR count). The lowest BCUT2D eigenvalue weighted by molar-refractivity contribution is 0.0778. The molecule has 2 aromatic rings. The second-order valence-corrected chi connectivity index (χ2v) is 6.39. The van der Waals surface area contributed by atoms with Crippen molar-refractivity contribution < 1.29 is 4.79 Å². The monoisotopic (exact) mass is 305 g/mol. The molecule has 0 radical (unpaired) electrons. The highest BCUT2D eigenvalue weighted by Crippen LogP contribution is 2.19. The van der Waals surface area contributed by atoms with Gasteiger partial charge in [0.1, 0.15) is 5.01 Å². The minimum atomic E-state index is -0.0514. The summed E-state index contributed by atoms with van der Waals surface area (Å²) in [4.78, 5) is 19.8. The van der Waals surface area contributed by atoms with E-state index in [0.29, 0.717) is 18.8 Å². The number of hydrogen-bond donors (Lipinski definition) is 2. The van der Waals surface area contributed by atoms with Gasteiger partial charge in [-0.2, -0.15) is 5.10 Å². The molecule has 0 saturated carbocycles. The van der Waals surface area contributed by atoms with E-state index in [1.807, 2.05) is 6.20 Å². The molecule has 0 saturated heterocycles. The zero-order valence-corrected chi connectivity index (χ0v) is 13.1. The largest absolute Gasteiger partial charge is 0.334 e. The van der Waals surface area contributed by atoms with Crippen molar-refractivity contribution in [3.05, 3.63) is 33.0 Å². The van der Waals surface area contributed by atoms with Crippen LogP contribution in [0.5, 0.6) is 0 Å². The highest BCUT2D eigenvalue weighted by molar-refractivity contribution is 7.11. The van der Waals surface area contributed by atoms with Crippen LogP contribution in [0.25, 0.3) is 0 Å². The van der Waals surface area contributed by atoms with Crippen molar-refractivity contribution in [3.63, 3.8) is 0 Å². The Kier molecular flexibility index (Phi) is 4.03. The fourth-order valence-electron chi connectivity index (χ4n) is 2.44. The van der Waals surface area contributed by atoms with Gasteiger partial charge in [0.25, 0.3) is 5.91 Å². The molecule has 112 valence electrons. The van der Waals surface area contributed by atoms with Crippen molar-refractivity contribution in [1.82, 2.24) is 25.4 Å². The third kappa shape index (κ3) is 2.84. The van der Waals surface area contributed by atoms with Crippen molar-refractivity contribution >= 4 is 17.2 Å². The predicted octanol–water partition coefficient (Wildman–Crippen LogP) is 1.35. The van der Waals surface area contributed by atoms with Gasteiger partial charge in [-0.05, 0) is 6.42 Å². The van der Waals surface area contributed by atoms with Crippen LogP contribution in [0.1, 0.15) is 38.6 Å². The maximum absolute atomic E-state index is 12.6. The SMILES string of the molecule is CCc1cnc(CN(C)C(=O)c2n[nH]c3c2CNCC3)s1. The van der Waals surface area contributed by atoms with E-state index in [1.54, 1.807) is 23.3 Å². The molecule has 0 aliphatic carbocycles. The van der Waals surface area contributed by atoms with Crippen LogP contribution in [0.4, 0.5) is 0 Å². The first-order valence-corrected chi connectivity index (χ1v) is 7.96. The summed E-state index contributed by atoms with van der Waals surface area (Å²) in [7, 11) is 1.80. The number of amides is 1. The Labute approximate surface area is 127 Å². The number of rotatable bonds is 4. The summed E-state index contributed by atoms with van der Waals surface area (Å²) in [5.41, 5.74) is 2.62. The van der Waals surface area contributed by atoms with E-state index in [2.05, 4.69) is 27.4 Å². The van der Waals surface area contributed by atoms with Gasteiger partial charge >= 0.3 is 0 Å². The van der Waals surface area contributed by atoms with Gasteiger partial charge in [-0.3, -0.25) is 9.89 Å². The highest BCUT2D eigenvalue weighted by Gasteiger charge is 2.24. The Hall–Kier alpha value is -1.73. The zero-order chi connectivity index (χ0) is 14.8. The first-order chi connectivity index (χ1) is 10.2. The number of aromatic nitrogens is 3. The van der Waals surface area contributed by atoms with E-state index >= 15 is 0 Å². The summed E-state index contributed by atoms with van der Waals surface area (Å²) in [5.74, 6) is -0.0514. The summed E-state index contributed by atoms with van der Waals surface area (Å²) in [6, 6.07) is 0. The second-order valence-electron chi connectivity index (χ2n) is 5.19. The van der Waals surface area contributed by atoms with Gasteiger partial charge in [-0.1, -0.05) is 6.92 Å². The first-order valence-electron chi connectivity index (χ1n) is 7.15. The van der Waals surface area contributed by atoms with Crippen molar-refractivity contribution in [2.24, 2.45) is 0 Å². The Bertz CT molecular complexity index is 648. The average molecular weight is 305 g/mol. The Morgan fingerprint density at radius 2 is 2.38 bits per heavy atom. The molecule has 3 heterocycles. The Balaban J connectivity index is 1.73. The van der Waals surface area contributed by atoms with E-state index in [9.17, 15) is 4.79 Å². The quantitative estimate of drug-likeness (QED) is 0.894. The van der Waals surface area contributed by atoms with Crippen LogP contribution >= 0.6 is 11.3 Å². The molecule has 0 bridgehead atoms. The van der Waals surface area contributed by atoms with Gasteiger partial charge in [0.15, 0.2) is 5.69 Å². The maximum Gasteiger partial charge on any atom is 0.274 e. The van der Waals surface area contributed by atoms with Crippen molar-refractivity contribution in [2.45, 2.75) is 32.9 Å². The van der Waals surface area contributed by atoms with Crippen LogP contribution in [0.3, 0.4) is 0 Å². The summed E-state index contributed by atoms with van der Waals surface area (Å²) < 4.78 is 0. The summed E-state index contributed by atoms with van der Waals surface area (Å²) in [6.07, 6.45) is 3.76. The van der Waals surface area contributed by atoms with Gasteiger partial charge in [0.05, 0.1) is 6.54 Å². The smallest absolute Gasteiger partial charge is 0.274 e. The minimum absolute atomic E-state index is 0.0514. The van der Waals surface area contributed by atoms with E-state index in [4.69, 9.17) is 0 Å². The lowest BCUT2D eigenvalue weighted by Gasteiger charge is -2.17. The van der Waals surface area contributed by atoms with E-state index in [-0.39, 0.29) is 5.91 Å². The molecule has 0 spiro atoms. The number of carbonyl (C=O) groups is 1. The minimum Gasteiger partial charge on any atom is -0.334 e. The fraction of sp³-hybridized carbons (Fsp3) is 0.500. The average Bonchev–Trinajstić information content (AvgIpc) is 3.12. The van der Waals surface area contributed by atoms with Gasteiger partial charge in [0, 0.05) is 48.9 Å². The number of H-pyrrole nitrogens is 1. The van der Waals surface area contributed by atoms with Gasteiger partial charge in [0.2, 0.25) is 0 Å². The zero-order valence-electron chi connectivity index (χ0n) is 12.3. The predicted molar refractivity (Wildman–Crippen MR) is 81.3 cm³/mol. The fourth-order valence-corrected chi connectivity index (χ4v) is 3.36. The maximum atomic E-state index is 12.6. The number of aryl methyl sites for hydroxylation is 1. The number of carbonyl (C=O) groups excluding carboxylic acids is 1. The molecule has 7 heteroatoms. The molecule has 0 atom stereocenters. The van der Waals surface area contributed by atoms with Crippen LogP contribution < -0.4 is 5.32 Å². The van der Waals surface area contributed by atoms with Crippen molar-refractivity contribution in [1.29, 1.82) is 0 Å². The Morgan fingerprint density at radius 1 is 1.52 bits per heavy atom. The van der Waals surface area contributed by atoms with Crippen LogP contribution in [0.15, 0.2) is 6.20 Å². The summed E-state index contributed by atoms with van der Waals surface area (Å²) >= 11 is 1.66. The topological polar surface area (TPSA) is 73.9 Å². The highest BCUT2D eigenvalue weighted by atomic mass is 32.1. The molecule has 2 aromatic heterocycles. The van der Waals surface area contributed by atoms with E-state index in [1.165, 1.54) is 4.88 Å². The number of thiazole rings is 1. The number of aromatic amines is 1.